The molecule has 0 atom stereocenters. The average molecular weight is 290 g/mol. The quantitative estimate of drug-likeness (QED) is 0.793. The molecule has 0 spiro atoms. The van der Waals surface area contributed by atoms with Gasteiger partial charge in [0, 0.05) is 31.0 Å². The van der Waals surface area contributed by atoms with Gasteiger partial charge in [0.1, 0.15) is 0 Å². The van der Waals surface area contributed by atoms with Crippen molar-refractivity contribution >= 4 is 11.9 Å². The Morgan fingerprint density at radius 1 is 1.38 bits per heavy atom. The van der Waals surface area contributed by atoms with Crippen LogP contribution in [0.1, 0.15) is 31.2 Å². The van der Waals surface area contributed by atoms with Gasteiger partial charge >= 0.3 is 5.97 Å². The minimum absolute atomic E-state index is 0.162. The highest BCUT2D eigenvalue weighted by molar-refractivity contribution is 5.69. The summed E-state index contributed by atoms with van der Waals surface area (Å²) in [5, 5.41) is 12.4. The van der Waals surface area contributed by atoms with Crippen molar-refractivity contribution in [1.82, 2.24) is 14.9 Å². The average Bonchev–Trinajstić information content (AvgIpc) is 3.18. The molecule has 21 heavy (non-hydrogen) atoms. The van der Waals surface area contributed by atoms with Crippen molar-refractivity contribution in [3.63, 3.8) is 0 Å². The molecule has 0 aliphatic heterocycles. The third kappa shape index (κ3) is 3.91. The maximum atomic E-state index is 11.0. The number of nitrogens with zero attached hydrogens (tertiary/aromatic N) is 3. The molecule has 2 N–H and O–H groups in total. The number of hydrogen-bond acceptors (Lipinski definition) is 5. The van der Waals surface area contributed by atoms with Crippen LogP contribution < -0.4 is 5.32 Å². The van der Waals surface area contributed by atoms with Crippen molar-refractivity contribution in [2.75, 3.05) is 18.4 Å². The molecule has 2 saturated carbocycles. The summed E-state index contributed by atoms with van der Waals surface area (Å²) in [5.74, 6) is 0.654. The lowest BCUT2D eigenvalue weighted by Gasteiger charge is -2.42. The lowest BCUT2D eigenvalue weighted by Crippen LogP contribution is -2.52. The second kappa shape index (κ2) is 5.97. The molecule has 0 unspecified atom stereocenters. The van der Waals surface area contributed by atoms with E-state index in [2.05, 4.69) is 20.2 Å². The number of aryl methyl sites for hydroxylation is 1. The molecule has 3 rings (SSSR count). The van der Waals surface area contributed by atoms with Crippen molar-refractivity contribution in [3.8, 4) is 0 Å². The van der Waals surface area contributed by atoms with Gasteiger partial charge in [0.05, 0.1) is 6.54 Å². The van der Waals surface area contributed by atoms with E-state index in [9.17, 15) is 4.79 Å². The SMILES string of the molecule is Cc1cnc(NC2CC(N(CC(=O)O)CC3CC3)C2)nc1. The van der Waals surface area contributed by atoms with E-state index >= 15 is 0 Å². The van der Waals surface area contributed by atoms with E-state index < -0.39 is 5.97 Å². The third-order valence-electron chi connectivity index (χ3n) is 4.27. The lowest BCUT2D eigenvalue weighted by atomic mass is 9.85. The summed E-state index contributed by atoms with van der Waals surface area (Å²) in [7, 11) is 0. The monoisotopic (exact) mass is 290 g/mol. The summed E-state index contributed by atoms with van der Waals surface area (Å²) < 4.78 is 0. The fourth-order valence-electron chi connectivity index (χ4n) is 2.80. The highest BCUT2D eigenvalue weighted by atomic mass is 16.4. The molecule has 1 aromatic rings. The number of carboxylic acid groups (broad SMARTS) is 1. The van der Waals surface area contributed by atoms with Crippen molar-refractivity contribution in [2.24, 2.45) is 5.92 Å². The number of nitrogens with one attached hydrogen (secondary N) is 1. The van der Waals surface area contributed by atoms with E-state index in [0.717, 1.165) is 30.9 Å². The number of rotatable bonds is 7. The van der Waals surface area contributed by atoms with Crippen molar-refractivity contribution in [2.45, 2.75) is 44.7 Å². The van der Waals surface area contributed by atoms with Crippen LogP contribution in [0.3, 0.4) is 0 Å². The predicted molar refractivity (Wildman–Crippen MR) is 79.1 cm³/mol. The molecule has 0 amide bonds. The van der Waals surface area contributed by atoms with Crippen LogP contribution in [0.2, 0.25) is 0 Å². The zero-order chi connectivity index (χ0) is 14.8. The maximum Gasteiger partial charge on any atom is 0.317 e. The Kier molecular flexibility index (Phi) is 4.05. The third-order valence-corrected chi connectivity index (χ3v) is 4.27. The van der Waals surface area contributed by atoms with Crippen molar-refractivity contribution in [1.29, 1.82) is 0 Å². The van der Waals surface area contributed by atoms with E-state index in [1.54, 1.807) is 12.4 Å². The minimum Gasteiger partial charge on any atom is -0.480 e. The molecule has 0 aromatic carbocycles. The molecular formula is C15H22N4O2. The molecule has 114 valence electrons. The van der Waals surface area contributed by atoms with E-state index in [1.165, 1.54) is 12.8 Å². The van der Waals surface area contributed by atoms with Gasteiger partial charge < -0.3 is 10.4 Å². The molecular weight excluding hydrogens is 268 g/mol. The number of carbonyl (C=O) groups is 1. The summed E-state index contributed by atoms with van der Waals surface area (Å²) in [4.78, 5) is 21.6. The van der Waals surface area contributed by atoms with Gasteiger partial charge in [0.25, 0.3) is 0 Å². The number of aromatic nitrogens is 2. The van der Waals surface area contributed by atoms with Gasteiger partial charge in [-0.25, -0.2) is 9.97 Å². The molecule has 0 saturated heterocycles. The molecule has 1 aromatic heterocycles. The molecule has 6 nitrogen and oxygen atoms in total. The molecule has 2 aliphatic carbocycles. The first-order chi connectivity index (χ1) is 10.1. The molecule has 1 heterocycles. The van der Waals surface area contributed by atoms with E-state index in [-0.39, 0.29) is 6.54 Å². The molecule has 2 fully saturated rings. The van der Waals surface area contributed by atoms with Gasteiger partial charge in [0.2, 0.25) is 5.95 Å². The highest BCUT2D eigenvalue weighted by Crippen LogP contribution is 2.34. The summed E-state index contributed by atoms with van der Waals surface area (Å²) in [6.45, 7) is 3.06. The maximum absolute atomic E-state index is 11.0. The second-order valence-electron chi connectivity index (χ2n) is 6.32. The Morgan fingerprint density at radius 3 is 2.62 bits per heavy atom. The Hall–Kier alpha value is -1.69. The zero-order valence-corrected chi connectivity index (χ0v) is 12.3. The first kappa shape index (κ1) is 14.3. The van der Waals surface area contributed by atoms with Crippen LogP contribution in [0, 0.1) is 12.8 Å². The smallest absolute Gasteiger partial charge is 0.317 e. The van der Waals surface area contributed by atoms with Crippen LogP contribution in [0.25, 0.3) is 0 Å². The van der Waals surface area contributed by atoms with Gasteiger partial charge in [0.15, 0.2) is 0 Å². The van der Waals surface area contributed by atoms with Gasteiger partial charge in [-0.05, 0) is 44.1 Å². The van der Waals surface area contributed by atoms with Crippen LogP contribution in [0.5, 0.6) is 0 Å². The Bertz CT molecular complexity index is 495. The van der Waals surface area contributed by atoms with Gasteiger partial charge in [-0.15, -0.1) is 0 Å². The van der Waals surface area contributed by atoms with Crippen LogP contribution in [0.15, 0.2) is 12.4 Å². The van der Waals surface area contributed by atoms with E-state index in [1.807, 2.05) is 6.92 Å². The Morgan fingerprint density at radius 2 is 2.05 bits per heavy atom. The second-order valence-corrected chi connectivity index (χ2v) is 6.32. The van der Waals surface area contributed by atoms with Gasteiger partial charge in [-0.3, -0.25) is 9.69 Å². The molecule has 2 aliphatic rings. The molecule has 6 heteroatoms. The molecule has 0 bridgehead atoms. The topological polar surface area (TPSA) is 78.4 Å². The minimum atomic E-state index is -0.728. The van der Waals surface area contributed by atoms with Crippen LogP contribution in [-0.2, 0) is 4.79 Å². The van der Waals surface area contributed by atoms with E-state index in [4.69, 9.17) is 5.11 Å². The normalized spacial score (nSPS) is 24.7. The Labute approximate surface area is 124 Å². The number of anilines is 1. The summed E-state index contributed by atoms with van der Waals surface area (Å²) in [5.41, 5.74) is 1.05. The first-order valence-corrected chi connectivity index (χ1v) is 7.61. The zero-order valence-electron chi connectivity index (χ0n) is 12.3. The molecule has 0 radical (unpaired) electrons. The largest absolute Gasteiger partial charge is 0.480 e. The number of aliphatic carboxylic acids is 1. The van der Waals surface area contributed by atoms with Crippen LogP contribution in [-0.4, -0.2) is 51.1 Å². The standard InChI is InChI=1S/C15H22N4O2/c1-10-6-16-15(17-7-10)18-12-4-13(5-12)19(9-14(20)21)8-11-2-3-11/h6-7,11-13H,2-5,8-9H2,1H3,(H,20,21)(H,16,17,18). The fraction of sp³-hybridized carbons (Fsp3) is 0.667. The van der Waals surface area contributed by atoms with Crippen LogP contribution in [0.4, 0.5) is 5.95 Å². The number of hydrogen-bond donors (Lipinski definition) is 2. The predicted octanol–water partition coefficient (Wildman–Crippen LogP) is 1.52. The lowest BCUT2D eigenvalue weighted by molar-refractivity contribution is -0.139. The summed E-state index contributed by atoms with van der Waals surface area (Å²) in [6.07, 6.45) is 8.04. The van der Waals surface area contributed by atoms with E-state index in [0.29, 0.717) is 18.0 Å². The first-order valence-electron chi connectivity index (χ1n) is 7.61. The van der Waals surface area contributed by atoms with Crippen molar-refractivity contribution in [3.05, 3.63) is 18.0 Å². The van der Waals surface area contributed by atoms with Crippen LogP contribution >= 0.6 is 0 Å². The van der Waals surface area contributed by atoms with Gasteiger partial charge in [-0.1, -0.05) is 0 Å². The fourth-order valence-corrected chi connectivity index (χ4v) is 2.80. The number of carboxylic acids is 1. The van der Waals surface area contributed by atoms with Crippen molar-refractivity contribution < 1.29 is 9.90 Å². The summed E-state index contributed by atoms with van der Waals surface area (Å²) in [6, 6.07) is 0.734. The highest BCUT2D eigenvalue weighted by Gasteiger charge is 2.37. The Balaban J connectivity index is 1.48. The van der Waals surface area contributed by atoms with Gasteiger partial charge in [-0.2, -0.15) is 0 Å². The summed E-state index contributed by atoms with van der Waals surface area (Å²) >= 11 is 0.